The first kappa shape index (κ1) is 20.9. The maximum Gasteiger partial charge on any atom is 0.153 e. The first-order chi connectivity index (χ1) is 14.9. The molecule has 2 saturated carbocycles. The van der Waals surface area contributed by atoms with Crippen LogP contribution in [0.3, 0.4) is 0 Å². The molecule has 0 spiro atoms. The minimum Gasteiger partial charge on any atom is -0.396 e. The average Bonchev–Trinajstić information content (AvgIpc) is 3.33. The lowest BCUT2D eigenvalue weighted by Gasteiger charge is -2.55. The van der Waals surface area contributed by atoms with Crippen LogP contribution in [0.25, 0.3) is 5.82 Å². The molecular weight excluding hydrogens is 384 g/mol. The number of pyridine rings is 1. The molecule has 2 aromatic heterocycles. The molecule has 3 aliphatic rings. The number of aliphatic hydroxyl groups excluding tert-OH is 1. The summed E-state index contributed by atoms with van der Waals surface area (Å²) in [5.41, 5.74) is 10.6. The zero-order valence-electron chi connectivity index (χ0n) is 18.9. The summed E-state index contributed by atoms with van der Waals surface area (Å²) in [6.45, 7) is 10.2. The molecule has 31 heavy (non-hydrogen) atoms. The highest BCUT2D eigenvalue weighted by molar-refractivity contribution is 5.31. The summed E-state index contributed by atoms with van der Waals surface area (Å²) < 4.78 is 1.91. The summed E-state index contributed by atoms with van der Waals surface area (Å²) in [5, 5.41) is 15.3. The molecule has 2 aromatic rings. The average molecular weight is 421 g/mol. The number of allylic oxidation sites excluding steroid dienone is 1. The number of nitrogens with zero attached hydrogens (tertiary/aromatic N) is 3. The lowest BCUT2D eigenvalue weighted by Crippen LogP contribution is -2.53. The summed E-state index contributed by atoms with van der Waals surface area (Å²) >= 11 is 0. The molecule has 0 aliphatic heterocycles. The van der Waals surface area contributed by atoms with E-state index >= 15 is 0 Å². The lowest BCUT2D eigenvalue weighted by atomic mass is 9.49. The van der Waals surface area contributed by atoms with E-state index in [-0.39, 0.29) is 23.4 Å². The number of aliphatic hydroxyl groups is 1. The van der Waals surface area contributed by atoms with Crippen LogP contribution in [0.15, 0.2) is 42.7 Å². The minimum absolute atomic E-state index is 0.0228. The fourth-order valence-electron chi connectivity index (χ4n) is 7.44. The molecule has 5 rings (SSSR count). The molecule has 0 radical (unpaired) electrons. The fraction of sp³-hybridized carbons (Fsp3) is 0.615. The molecule has 0 aromatic carbocycles. The third-order valence-electron chi connectivity index (χ3n) is 9.44. The van der Waals surface area contributed by atoms with Gasteiger partial charge in [-0.1, -0.05) is 32.1 Å². The van der Waals surface area contributed by atoms with Crippen molar-refractivity contribution in [3.63, 3.8) is 0 Å². The predicted octanol–water partition coefficient (Wildman–Crippen LogP) is 3.94. The van der Waals surface area contributed by atoms with Crippen LogP contribution in [0.1, 0.15) is 50.8 Å². The van der Waals surface area contributed by atoms with E-state index in [4.69, 9.17) is 10.8 Å². The number of nitrogens with two attached hydrogens (primary N) is 1. The Hall–Kier alpha value is -1.98. The van der Waals surface area contributed by atoms with Crippen molar-refractivity contribution in [2.45, 2.75) is 52.4 Å². The molecule has 2 fully saturated rings. The normalized spacial score (nSPS) is 37.5. The Kier molecular flexibility index (Phi) is 5.10. The van der Waals surface area contributed by atoms with Gasteiger partial charge in [0.25, 0.3) is 0 Å². The number of fused-ring (bicyclic) bond motifs is 2. The van der Waals surface area contributed by atoms with Gasteiger partial charge < -0.3 is 10.8 Å². The van der Waals surface area contributed by atoms with Crippen molar-refractivity contribution in [1.29, 1.82) is 0 Å². The second kappa shape index (κ2) is 7.56. The van der Waals surface area contributed by atoms with Gasteiger partial charge in [0.05, 0.1) is 5.69 Å². The summed E-state index contributed by atoms with van der Waals surface area (Å²) in [5.74, 6) is 2.68. The maximum atomic E-state index is 10.5. The van der Waals surface area contributed by atoms with Gasteiger partial charge in [-0.25, -0.2) is 9.67 Å². The Morgan fingerprint density at radius 2 is 2.10 bits per heavy atom. The third kappa shape index (κ3) is 3.12. The molecule has 3 aliphatic carbocycles. The summed E-state index contributed by atoms with van der Waals surface area (Å²) in [7, 11) is 0. The highest BCUT2D eigenvalue weighted by Crippen LogP contribution is 2.62. The standard InChI is InChI=1S/C26H36N4O/c1-17-7-8-21-20(14-27)22(9-10-25(17,21)2)26(3)13-18-15-30(24-6-4-5-11-28-24)29-23(18)12-19(26)16-31/h4-6,11,15,19-22,31H,1,7-10,12-14,16,27H2,2-3H3/t19-,20?,21?,22?,25?,26+/m1/s1. The van der Waals surface area contributed by atoms with Gasteiger partial charge in [-0.3, -0.25) is 0 Å². The Labute approximate surface area is 185 Å². The van der Waals surface area contributed by atoms with Crippen molar-refractivity contribution in [2.75, 3.05) is 13.2 Å². The van der Waals surface area contributed by atoms with E-state index in [1.807, 2.05) is 22.9 Å². The highest BCUT2D eigenvalue weighted by Gasteiger charge is 2.56. The van der Waals surface area contributed by atoms with Crippen molar-refractivity contribution >= 4 is 0 Å². The molecule has 0 saturated heterocycles. The van der Waals surface area contributed by atoms with Crippen LogP contribution in [0.4, 0.5) is 0 Å². The van der Waals surface area contributed by atoms with Crippen LogP contribution in [0.2, 0.25) is 0 Å². The molecule has 2 heterocycles. The molecule has 0 amide bonds. The molecule has 5 heteroatoms. The lowest BCUT2D eigenvalue weighted by molar-refractivity contribution is -0.0536. The molecule has 5 nitrogen and oxygen atoms in total. The van der Waals surface area contributed by atoms with E-state index < -0.39 is 0 Å². The second-order valence-electron chi connectivity index (χ2n) is 10.7. The highest BCUT2D eigenvalue weighted by atomic mass is 16.3. The van der Waals surface area contributed by atoms with E-state index in [9.17, 15) is 5.11 Å². The topological polar surface area (TPSA) is 77.0 Å². The van der Waals surface area contributed by atoms with Crippen molar-refractivity contribution in [1.82, 2.24) is 14.8 Å². The quantitative estimate of drug-likeness (QED) is 0.735. The van der Waals surface area contributed by atoms with Crippen LogP contribution < -0.4 is 5.73 Å². The van der Waals surface area contributed by atoms with E-state index in [0.29, 0.717) is 17.8 Å². The summed E-state index contributed by atoms with van der Waals surface area (Å²) in [4.78, 5) is 4.46. The molecule has 0 bridgehead atoms. The molecule has 3 N–H and O–H groups in total. The van der Waals surface area contributed by atoms with Crippen molar-refractivity contribution < 1.29 is 5.11 Å². The van der Waals surface area contributed by atoms with Gasteiger partial charge in [-0.2, -0.15) is 5.10 Å². The number of hydrogen-bond donors (Lipinski definition) is 2. The Bertz CT molecular complexity index is 969. The van der Waals surface area contributed by atoms with Gasteiger partial charge in [-0.15, -0.1) is 0 Å². The Morgan fingerprint density at radius 1 is 1.26 bits per heavy atom. The van der Waals surface area contributed by atoms with Gasteiger partial charge in [0.1, 0.15) is 0 Å². The molecule has 166 valence electrons. The Morgan fingerprint density at radius 3 is 2.81 bits per heavy atom. The molecule has 6 atom stereocenters. The smallest absolute Gasteiger partial charge is 0.153 e. The number of aromatic nitrogens is 3. The first-order valence-electron chi connectivity index (χ1n) is 11.9. The maximum absolute atomic E-state index is 10.5. The third-order valence-corrected chi connectivity index (χ3v) is 9.44. The van der Waals surface area contributed by atoms with Gasteiger partial charge in [0.2, 0.25) is 0 Å². The predicted molar refractivity (Wildman–Crippen MR) is 123 cm³/mol. The van der Waals surface area contributed by atoms with Gasteiger partial charge >= 0.3 is 0 Å². The summed E-state index contributed by atoms with van der Waals surface area (Å²) in [6, 6.07) is 5.90. The van der Waals surface area contributed by atoms with Gasteiger partial charge in [0, 0.05) is 19.0 Å². The van der Waals surface area contributed by atoms with Crippen LogP contribution in [-0.4, -0.2) is 33.0 Å². The zero-order valence-corrected chi connectivity index (χ0v) is 18.9. The largest absolute Gasteiger partial charge is 0.396 e. The molecule has 4 unspecified atom stereocenters. The second-order valence-corrected chi connectivity index (χ2v) is 10.7. The van der Waals surface area contributed by atoms with E-state index in [0.717, 1.165) is 37.3 Å². The summed E-state index contributed by atoms with van der Waals surface area (Å²) in [6.07, 6.45) is 10.5. The van der Waals surface area contributed by atoms with Crippen LogP contribution in [0, 0.1) is 34.5 Å². The first-order valence-corrected chi connectivity index (χ1v) is 11.9. The number of rotatable bonds is 4. The van der Waals surface area contributed by atoms with Gasteiger partial charge in [0.15, 0.2) is 5.82 Å². The number of hydrogen-bond acceptors (Lipinski definition) is 4. The monoisotopic (exact) mass is 420 g/mol. The van der Waals surface area contributed by atoms with Gasteiger partial charge in [-0.05, 0) is 97.3 Å². The van der Waals surface area contributed by atoms with E-state index in [1.54, 1.807) is 6.20 Å². The Balaban J connectivity index is 1.49. The van der Waals surface area contributed by atoms with Crippen LogP contribution in [0.5, 0.6) is 0 Å². The van der Waals surface area contributed by atoms with Crippen LogP contribution >= 0.6 is 0 Å². The fourth-order valence-corrected chi connectivity index (χ4v) is 7.44. The van der Waals surface area contributed by atoms with E-state index in [1.165, 1.54) is 30.4 Å². The SMILES string of the molecule is C=C1CCC2C(CN)C([C@@]3(C)Cc4cn(-c5ccccn5)nc4C[C@@H]3CO)CCC12C. The van der Waals surface area contributed by atoms with Crippen molar-refractivity contribution in [3.05, 3.63) is 54.0 Å². The van der Waals surface area contributed by atoms with E-state index in [2.05, 4.69) is 31.6 Å². The van der Waals surface area contributed by atoms with Crippen molar-refractivity contribution in [2.24, 2.45) is 40.2 Å². The zero-order chi connectivity index (χ0) is 21.8. The molecular formula is C26H36N4O. The van der Waals surface area contributed by atoms with Crippen molar-refractivity contribution in [3.8, 4) is 5.82 Å². The minimum atomic E-state index is 0.0228. The van der Waals surface area contributed by atoms with Crippen LogP contribution in [-0.2, 0) is 12.8 Å².